The van der Waals surface area contributed by atoms with Crippen LogP contribution in [0.15, 0.2) is 18.2 Å². The molecule has 0 spiro atoms. The Balaban J connectivity index is 2.27. The van der Waals surface area contributed by atoms with Gasteiger partial charge in [-0.05, 0) is 44.4 Å². The molecular weight excluding hydrogens is 226 g/mol. The molecule has 1 aliphatic heterocycles. The zero-order valence-corrected chi connectivity index (χ0v) is 11.1. The van der Waals surface area contributed by atoms with Gasteiger partial charge in [0.15, 0.2) is 0 Å². The van der Waals surface area contributed by atoms with Crippen molar-refractivity contribution in [3.8, 4) is 0 Å². The lowest BCUT2D eigenvalue weighted by molar-refractivity contribution is -0.116. The molecule has 0 fully saturated rings. The maximum absolute atomic E-state index is 11.1. The minimum atomic E-state index is -0.297. The predicted octanol–water partition coefficient (Wildman–Crippen LogP) is 1.74. The summed E-state index contributed by atoms with van der Waals surface area (Å²) in [5.41, 5.74) is 8.91. The molecule has 1 aromatic carbocycles. The zero-order chi connectivity index (χ0) is 13.1. The van der Waals surface area contributed by atoms with E-state index in [1.165, 1.54) is 17.7 Å². The number of nitrogens with two attached hydrogens (primary N) is 1. The molecule has 0 saturated carbocycles. The van der Waals surface area contributed by atoms with Gasteiger partial charge in [-0.2, -0.15) is 0 Å². The van der Waals surface area contributed by atoms with Crippen LogP contribution in [0.25, 0.3) is 0 Å². The van der Waals surface area contributed by atoms with E-state index in [-0.39, 0.29) is 18.5 Å². The highest BCUT2D eigenvalue weighted by atomic mass is 16.1. The Morgan fingerprint density at radius 1 is 1.50 bits per heavy atom. The molecule has 0 unspecified atom stereocenters. The van der Waals surface area contributed by atoms with E-state index in [0.717, 1.165) is 18.7 Å². The van der Waals surface area contributed by atoms with Crippen molar-refractivity contribution in [1.29, 1.82) is 0 Å². The first-order valence-corrected chi connectivity index (χ1v) is 6.49. The summed E-state index contributed by atoms with van der Waals surface area (Å²) in [5.74, 6) is -0.297. The second kappa shape index (κ2) is 5.29. The van der Waals surface area contributed by atoms with Crippen molar-refractivity contribution < 1.29 is 4.79 Å². The van der Waals surface area contributed by atoms with Crippen LogP contribution < -0.4 is 16.0 Å². The normalized spacial score (nSPS) is 13.9. The molecule has 0 saturated heterocycles. The van der Waals surface area contributed by atoms with E-state index in [9.17, 15) is 4.79 Å². The molecule has 4 heteroatoms. The Kier molecular flexibility index (Phi) is 3.75. The molecule has 1 aliphatic rings. The van der Waals surface area contributed by atoms with Crippen LogP contribution in [0.5, 0.6) is 0 Å². The van der Waals surface area contributed by atoms with Gasteiger partial charge >= 0.3 is 0 Å². The lowest BCUT2D eigenvalue weighted by Crippen LogP contribution is -2.38. The van der Waals surface area contributed by atoms with Crippen molar-refractivity contribution in [2.75, 3.05) is 23.3 Å². The second-order valence-corrected chi connectivity index (χ2v) is 5.06. The van der Waals surface area contributed by atoms with Gasteiger partial charge in [-0.3, -0.25) is 4.79 Å². The van der Waals surface area contributed by atoms with Crippen LogP contribution in [0.4, 0.5) is 11.4 Å². The molecule has 2 rings (SSSR count). The Labute approximate surface area is 108 Å². The fraction of sp³-hybridized carbons (Fsp3) is 0.500. The standard InChI is InChI=1S/C14H21N3O/c1-10(2)17(9-14(15)18)12-6-5-11-4-3-7-16-13(11)8-12/h5-6,8,10,16H,3-4,7,9H2,1-2H3,(H2,15,18). The fourth-order valence-corrected chi connectivity index (χ4v) is 2.37. The largest absolute Gasteiger partial charge is 0.385 e. The number of hydrogen-bond acceptors (Lipinski definition) is 3. The van der Waals surface area contributed by atoms with E-state index in [1.54, 1.807) is 0 Å². The molecule has 3 N–H and O–H groups in total. The molecule has 4 nitrogen and oxygen atoms in total. The number of carbonyl (C=O) groups excluding carboxylic acids is 1. The predicted molar refractivity (Wildman–Crippen MR) is 74.9 cm³/mol. The third-order valence-electron chi connectivity index (χ3n) is 3.31. The summed E-state index contributed by atoms with van der Waals surface area (Å²) in [5, 5.41) is 3.41. The van der Waals surface area contributed by atoms with Gasteiger partial charge in [0.05, 0.1) is 6.54 Å². The summed E-state index contributed by atoms with van der Waals surface area (Å²) >= 11 is 0. The average Bonchev–Trinajstić information content (AvgIpc) is 2.35. The molecule has 18 heavy (non-hydrogen) atoms. The zero-order valence-electron chi connectivity index (χ0n) is 11.1. The third-order valence-corrected chi connectivity index (χ3v) is 3.31. The number of anilines is 2. The van der Waals surface area contributed by atoms with Crippen molar-refractivity contribution in [3.63, 3.8) is 0 Å². The first-order chi connectivity index (χ1) is 8.58. The molecule has 0 radical (unpaired) electrons. The fourth-order valence-electron chi connectivity index (χ4n) is 2.37. The summed E-state index contributed by atoms with van der Waals surface area (Å²) in [6, 6.07) is 6.60. The number of nitrogens with zero attached hydrogens (tertiary/aromatic N) is 1. The van der Waals surface area contributed by atoms with Crippen molar-refractivity contribution in [2.45, 2.75) is 32.7 Å². The van der Waals surface area contributed by atoms with Gasteiger partial charge in [0.2, 0.25) is 5.91 Å². The first kappa shape index (κ1) is 12.7. The molecule has 0 aliphatic carbocycles. The van der Waals surface area contributed by atoms with Crippen LogP contribution in [0, 0.1) is 0 Å². The van der Waals surface area contributed by atoms with Crippen LogP contribution in [-0.2, 0) is 11.2 Å². The topological polar surface area (TPSA) is 58.4 Å². The quantitative estimate of drug-likeness (QED) is 0.852. The summed E-state index contributed by atoms with van der Waals surface area (Å²) in [6.45, 7) is 5.41. The Morgan fingerprint density at radius 2 is 2.28 bits per heavy atom. The SMILES string of the molecule is CC(C)N(CC(N)=O)c1ccc2c(c1)NCCC2. The summed E-state index contributed by atoms with van der Waals surface area (Å²) < 4.78 is 0. The van der Waals surface area contributed by atoms with Gasteiger partial charge in [0.1, 0.15) is 0 Å². The average molecular weight is 247 g/mol. The number of amides is 1. The Morgan fingerprint density at radius 3 is 2.94 bits per heavy atom. The number of rotatable bonds is 4. The summed E-state index contributed by atoms with van der Waals surface area (Å²) in [4.78, 5) is 13.2. The number of nitrogens with one attached hydrogen (secondary N) is 1. The van der Waals surface area contributed by atoms with Crippen LogP contribution in [-0.4, -0.2) is 25.0 Å². The Hall–Kier alpha value is -1.71. The summed E-state index contributed by atoms with van der Waals surface area (Å²) in [7, 11) is 0. The number of primary amides is 1. The molecule has 0 bridgehead atoms. The third kappa shape index (κ3) is 2.75. The van der Waals surface area contributed by atoms with E-state index in [4.69, 9.17) is 5.73 Å². The van der Waals surface area contributed by atoms with E-state index in [1.807, 2.05) is 4.90 Å². The highest BCUT2D eigenvalue weighted by Crippen LogP contribution is 2.28. The van der Waals surface area contributed by atoms with Crippen LogP contribution >= 0.6 is 0 Å². The van der Waals surface area contributed by atoms with Crippen LogP contribution in [0.2, 0.25) is 0 Å². The molecule has 0 aromatic heterocycles. The van der Waals surface area contributed by atoms with Gasteiger partial charge in [-0.25, -0.2) is 0 Å². The minimum Gasteiger partial charge on any atom is -0.385 e. The van der Waals surface area contributed by atoms with Crippen LogP contribution in [0.3, 0.4) is 0 Å². The van der Waals surface area contributed by atoms with Crippen molar-refractivity contribution in [1.82, 2.24) is 0 Å². The monoisotopic (exact) mass is 247 g/mol. The van der Waals surface area contributed by atoms with Gasteiger partial charge in [0.25, 0.3) is 0 Å². The maximum Gasteiger partial charge on any atom is 0.236 e. The Bertz CT molecular complexity index is 443. The molecule has 98 valence electrons. The van der Waals surface area contributed by atoms with Gasteiger partial charge < -0.3 is 16.0 Å². The molecule has 1 heterocycles. The van der Waals surface area contributed by atoms with E-state index >= 15 is 0 Å². The van der Waals surface area contributed by atoms with E-state index < -0.39 is 0 Å². The second-order valence-electron chi connectivity index (χ2n) is 5.06. The number of benzene rings is 1. The number of carbonyl (C=O) groups is 1. The highest BCUT2D eigenvalue weighted by Gasteiger charge is 2.16. The molecular formula is C14H21N3O. The van der Waals surface area contributed by atoms with E-state index in [0.29, 0.717) is 0 Å². The molecule has 1 aromatic rings. The van der Waals surface area contributed by atoms with Crippen LogP contribution in [0.1, 0.15) is 25.8 Å². The number of fused-ring (bicyclic) bond motifs is 1. The first-order valence-electron chi connectivity index (χ1n) is 6.49. The van der Waals surface area contributed by atoms with Gasteiger partial charge in [-0.15, -0.1) is 0 Å². The number of hydrogen-bond donors (Lipinski definition) is 2. The van der Waals surface area contributed by atoms with Gasteiger partial charge in [-0.1, -0.05) is 6.07 Å². The number of aryl methyl sites for hydroxylation is 1. The minimum absolute atomic E-state index is 0.249. The van der Waals surface area contributed by atoms with Crippen molar-refractivity contribution >= 4 is 17.3 Å². The molecule has 1 amide bonds. The lowest BCUT2D eigenvalue weighted by Gasteiger charge is -2.29. The highest BCUT2D eigenvalue weighted by molar-refractivity contribution is 5.80. The maximum atomic E-state index is 11.1. The van der Waals surface area contributed by atoms with Crippen molar-refractivity contribution in [3.05, 3.63) is 23.8 Å². The van der Waals surface area contributed by atoms with Crippen molar-refractivity contribution in [2.24, 2.45) is 5.73 Å². The smallest absolute Gasteiger partial charge is 0.236 e. The van der Waals surface area contributed by atoms with E-state index in [2.05, 4.69) is 37.4 Å². The molecule has 0 atom stereocenters. The summed E-state index contributed by atoms with van der Waals surface area (Å²) in [6.07, 6.45) is 2.31. The lowest BCUT2D eigenvalue weighted by atomic mass is 10.0. The van der Waals surface area contributed by atoms with Gasteiger partial charge in [0, 0.05) is 24.0 Å².